The summed E-state index contributed by atoms with van der Waals surface area (Å²) in [5.74, 6) is 0.430. The van der Waals surface area contributed by atoms with Crippen LogP contribution < -0.4 is 10.5 Å². The lowest BCUT2D eigenvalue weighted by Crippen LogP contribution is -2.50. The number of furan rings is 1. The van der Waals surface area contributed by atoms with Gasteiger partial charge >= 0.3 is 0 Å². The minimum Gasteiger partial charge on any atom is -0.463 e. The van der Waals surface area contributed by atoms with Crippen molar-refractivity contribution in [1.29, 1.82) is 0 Å². The Balaban J connectivity index is 1.40. The number of nitrogens with zero attached hydrogens (tertiary/aromatic N) is 4. The second kappa shape index (κ2) is 7.90. The van der Waals surface area contributed by atoms with Gasteiger partial charge < -0.3 is 14.2 Å². The number of anilines is 1. The van der Waals surface area contributed by atoms with E-state index in [0.29, 0.717) is 29.6 Å². The summed E-state index contributed by atoms with van der Waals surface area (Å²) in [6.07, 6.45) is 1.54. The molecule has 144 valence electrons. The lowest BCUT2D eigenvalue weighted by Gasteiger charge is -2.36. The van der Waals surface area contributed by atoms with Gasteiger partial charge in [-0.3, -0.25) is 9.59 Å². The fourth-order valence-corrected chi connectivity index (χ4v) is 3.34. The second-order valence-electron chi connectivity index (χ2n) is 6.54. The van der Waals surface area contributed by atoms with Crippen molar-refractivity contribution in [2.75, 3.05) is 31.1 Å². The third-order valence-electron chi connectivity index (χ3n) is 4.75. The molecule has 0 radical (unpaired) electrons. The first kappa shape index (κ1) is 18.3. The quantitative estimate of drug-likeness (QED) is 0.675. The zero-order valence-corrected chi connectivity index (χ0v) is 15.9. The fourth-order valence-electron chi connectivity index (χ4n) is 3.21. The summed E-state index contributed by atoms with van der Waals surface area (Å²) in [7, 11) is 0. The van der Waals surface area contributed by atoms with E-state index in [9.17, 15) is 9.59 Å². The molecule has 1 amide bonds. The van der Waals surface area contributed by atoms with Crippen LogP contribution >= 0.6 is 11.6 Å². The molecule has 0 spiro atoms. The Hall–Kier alpha value is -3.06. The van der Waals surface area contributed by atoms with Gasteiger partial charge in [-0.15, -0.1) is 0 Å². The average Bonchev–Trinajstić information content (AvgIpc) is 3.25. The summed E-state index contributed by atoms with van der Waals surface area (Å²) in [4.78, 5) is 28.8. The molecule has 28 heavy (non-hydrogen) atoms. The Kier molecular flexibility index (Phi) is 5.16. The van der Waals surface area contributed by atoms with Crippen molar-refractivity contribution in [2.24, 2.45) is 0 Å². The Morgan fingerprint density at radius 3 is 2.46 bits per heavy atom. The molecule has 0 bridgehead atoms. The van der Waals surface area contributed by atoms with Gasteiger partial charge in [0.25, 0.3) is 5.56 Å². The van der Waals surface area contributed by atoms with Crippen molar-refractivity contribution in [3.05, 3.63) is 70.2 Å². The van der Waals surface area contributed by atoms with Gasteiger partial charge in [-0.2, -0.15) is 5.10 Å². The van der Waals surface area contributed by atoms with Gasteiger partial charge in [0.05, 0.1) is 6.26 Å². The van der Waals surface area contributed by atoms with E-state index in [4.69, 9.17) is 16.0 Å². The van der Waals surface area contributed by atoms with Crippen molar-refractivity contribution in [1.82, 2.24) is 14.7 Å². The summed E-state index contributed by atoms with van der Waals surface area (Å²) in [6.45, 7) is 2.54. The van der Waals surface area contributed by atoms with Crippen LogP contribution in [0.25, 0.3) is 11.5 Å². The molecule has 4 rings (SSSR count). The molecule has 0 atom stereocenters. The summed E-state index contributed by atoms with van der Waals surface area (Å²) in [5, 5.41) is 4.96. The van der Waals surface area contributed by atoms with Crippen LogP contribution in [-0.4, -0.2) is 46.8 Å². The number of carbonyl (C=O) groups excluding carboxylic acids is 1. The number of hydrogen-bond acceptors (Lipinski definition) is 5. The molecule has 3 aromatic rings. The third kappa shape index (κ3) is 3.94. The lowest BCUT2D eigenvalue weighted by atomic mass is 10.2. The predicted molar refractivity (Wildman–Crippen MR) is 106 cm³/mol. The van der Waals surface area contributed by atoms with Gasteiger partial charge in [-0.05, 0) is 42.5 Å². The third-order valence-corrected chi connectivity index (χ3v) is 5.00. The predicted octanol–water partition coefficient (Wildman–Crippen LogP) is 2.51. The van der Waals surface area contributed by atoms with E-state index < -0.39 is 0 Å². The molecule has 8 heteroatoms. The number of aromatic nitrogens is 2. The monoisotopic (exact) mass is 398 g/mol. The molecule has 0 unspecified atom stereocenters. The fraction of sp³-hybridized carbons (Fsp3) is 0.250. The van der Waals surface area contributed by atoms with E-state index in [1.807, 2.05) is 24.3 Å². The van der Waals surface area contributed by atoms with Crippen LogP contribution in [0.2, 0.25) is 5.02 Å². The van der Waals surface area contributed by atoms with Crippen molar-refractivity contribution < 1.29 is 9.21 Å². The first-order valence-corrected chi connectivity index (χ1v) is 9.38. The SMILES string of the molecule is O=C(Cn1nc(-c2ccco2)ccc1=O)N1CCN(c2ccc(Cl)cc2)CC1. The highest BCUT2D eigenvalue weighted by Gasteiger charge is 2.22. The normalized spacial score (nSPS) is 14.3. The maximum Gasteiger partial charge on any atom is 0.267 e. The largest absolute Gasteiger partial charge is 0.463 e. The maximum atomic E-state index is 12.7. The van der Waals surface area contributed by atoms with E-state index in [1.165, 1.54) is 17.0 Å². The van der Waals surface area contributed by atoms with Crippen LogP contribution in [0.5, 0.6) is 0 Å². The molecule has 1 aromatic carbocycles. The smallest absolute Gasteiger partial charge is 0.267 e. The number of hydrogen-bond donors (Lipinski definition) is 0. The minimum atomic E-state index is -0.316. The van der Waals surface area contributed by atoms with E-state index in [-0.39, 0.29) is 18.0 Å². The molecule has 1 aliphatic heterocycles. The zero-order valence-electron chi connectivity index (χ0n) is 15.1. The minimum absolute atomic E-state index is 0.0890. The first-order chi connectivity index (χ1) is 13.6. The Morgan fingerprint density at radius 2 is 1.79 bits per heavy atom. The number of piperazine rings is 1. The number of amides is 1. The molecule has 0 N–H and O–H groups in total. The molecule has 0 saturated carbocycles. The Labute approximate surface area is 166 Å². The highest BCUT2D eigenvalue weighted by Crippen LogP contribution is 2.19. The molecular formula is C20H19ClN4O3. The van der Waals surface area contributed by atoms with Gasteiger partial charge in [0.2, 0.25) is 5.91 Å². The average molecular weight is 399 g/mol. The number of rotatable bonds is 4. The van der Waals surface area contributed by atoms with Gasteiger partial charge in [0, 0.05) is 43.0 Å². The summed E-state index contributed by atoms with van der Waals surface area (Å²) >= 11 is 5.94. The topological polar surface area (TPSA) is 71.6 Å². The molecule has 3 heterocycles. The second-order valence-corrected chi connectivity index (χ2v) is 6.97. The Morgan fingerprint density at radius 1 is 1.04 bits per heavy atom. The van der Waals surface area contributed by atoms with E-state index >= 15 is 0 Å². The van der Waals surface area contributed by atoms with Crippen molar-refractivity contribution in [3.8, 4) is 11.5 Å². The van der Waals surface area contributed by atoms with Gasteiger partial charge in [0.1, 0.15) is 12.2 Å². The zero-order chi connectivity index (χ0) is 19.5. The molecule has 1 fully saturated rings. The summed E-state index contributed by atoms with van der Waals surface area (Å²) in [5.41, 5.74) is 1.29. The molecule has 0 aliphatic carbocycles. The number of benzene rings is 1. The highest BCUT2D eigenvalue weighted by molar-refractivity contribution is 6.30. The molecule has 1 aliphatic rings. The lowest BCUT2D eigenvalue weighted by molar-refractivity contribution is -0.132. The van der Waals surface area contributed by atoms with E-state index in [2.05, 4.69) is 10.00 Å². The number of halogens is 1. The molecular weight excluding hydrogens is 380 g/mol. The van der Waals surface area contributed by atoms with E-state index in [0.717, 1.165) is 18.8 Å². The van der Waals surface area contributed by atoms with Crippen LogP contribution in [0.3, 0.4) is 0 Å². The van der Waals surface area contributed by atoms with Crippen LogP contribution in [0.4, 0.5) is 5.69 Å². The van der Waals surface area contributed by atoms with Gasteiger partial charge in [-0.25, -0.2) is 4.68 Å². The van der Waals surface area contributed by atoms with E-state index in [1.54, 1.807) is 23.1 Å². The maximum absolute atomic E-state index is 12.7. The van der Waals surface area contributed by atoms with Crippen LogP contribution in [-0.2, 0) is 11.3 Å². The molecule has 2 aromatic heterocycles. The van der Waals surface area contributed by atoms with Gasteiger partial charge in [-0.1, -0.05) is 11.6 Å². The number of carbonyl (C=O) groups is 1. The van der Waals surface area contributed by atoms with Crippen LogP contribution in [0, 0.1) is 0 Å². The first-order valence-electron chi connectivity index (χ1n) is 9.00. The standard InChI is InChI=1S/C20H19ClN4O3/c21-15-3-5-16(6-4-15)23-9-11-24(12-10-23)20(27)14-25-19(26)8-7-17(22-25)18-2-1-13-28-18/h1-8,13H,9-12,14H2. The summed E-state index contributed by atoms with van der Waals surface area (Å²) < 4.78 is 6.50. The van der Waals surface area contributed by atoms with Crippen molar-refractivity contribution in [2.45, 2.75) is 6.54 Å². The summed E-state index contributed by atoms with van der Waals surface area (Å²) in [6, 6.07) is 14.2. The van der Waals surface area contributed by atoms with Crippen molar-refractivity contribution in [3.63, 3.8) is 0 Å². The molecule has 7 nitrogen and oxygen atoms in total. The Bertz CT molecular complexity index is 1010. The highest BCUT2D eigenvalue weighted by atomic mass is 35.5. The van der Waals surface area contributed by atoms with Gasteiger partial charge in [0.15, 0.2) is 5.76 Å². The van der Waals surface area contributed by atoms with Crippen LogP contribution in [0.1, 0.15) is 0 Å². The molecule has 1 saturated heterocycles. The van der Waals surface area contributed by atoms with Crippen molar-refractivity contribution >= 4 is 23.2 Å². The van der Waals surface area contributed by atoms with Crippen LogP contribution in [0.15, 0.2) is 64.0 Å².